The molecule has 2 rings (SSSR count). The average molecular weight is 273 g/mol. The first-order valence-electron chi connectivity index (χ1n) is 4.78. The van der Waals surface area contributed by atoms with Crippen molar-refractivity contribution in [3.8, 4) is 5.75 Å². The van der Waals surface area contributed by atoms with Crippen LogP contribution in [0.25, 0.3) is 0 Å². The summed E-state index contributed by atoms with van der Waals surface area (Å²) in [6.07, 6.45) is 0. The number of halogens is 2. The fourth-order valence-corrected chi connectivity index (χ4v) is 2.57. The van der Waals surface area contributed by atoms with Gasteiger partial charge < -0.3 is 4.74 Å². The molecular weight excluding hydrogens is 263 g/mol. The molecule has 0 aliphatic heterocycles. The van der Waals surface area contributed by atoms with Crippen LogP contribution in [0.5, 0.6) is 5.75 Å². The van der Waals surface area contributed by atoms with E-state index < -0.39 is 0 Å². The van der Waals surface area contributed by atoms with Crippen molar-refractivity contribution in [3.63, 3.8) is 0 Å². The Morgan fingerprint density at radius 3 is 2.81 bits per heavy atom. The molecule has 0 N–H and O–H groups in total. The maximum Gasteiger partial charge on any atom is 0.125 e. The Kier molecular flexibility index (Phi) is 4.10. The molecule has 84 valence electrons. The monoisotopic (exact) mass is 272 g/mol. The standard InChI is InChI=1S/C12H10Cl2OS/c13-6-10-11(14)2-1-3-12(10)15-7-9-4-5-16-8-9/h1-5,8H,6-7H2. The quantitative estimate of drug-likeness (QED) is 0.732. The lowest BCUT2D eigenvalue weighted by Crippen LogP contribution is -1.97. The summed E-state index contributed by atoms with van der Waals surface area (Å²) in [5, 5.41) is 4.74. The molecule has 0 saturated heterocycles. The molecule has 0 spiro atoms. The Bertz CT molecular complexity index is 454. The number of alkyl halides is 1. The van der Waals surface area contributed by atoms with E-state index in [9.17, 15) is 0 Å². The van der Waals surface area contributed by atoms with Crippen LogP contribution in [0.15, 0.2) is 35.0 Å². The molecule has 0 aliphatic carbocycles. The van der Waals surface area contributed by atoms with Gasteiger partial charge in [0.25, 0.3) is 0 Å². The van der Waals surface area contributed by atoms with Gasteiger partial charge in [0.05, 0.1) is 5.88 Å². The van der Waals surface area contributed by atoms with Crippen molar-refractivity contribution in [1.29, 1.82) is 0 Å². The summed E-state index contributed by atoms with van der Waals surface area (Å²) in [5.41, 5.74) is 2.01. The van der Waals surface area contributed by atoms with Crippen LogP contribution in [0.3, 0.4) is 0 Å². The van der Waals surface area contributed by atoms with E-state index in [-0.39, 0.29) is 0 Å². The van der Waals surface area contributed by atoms with Crippen LogP contribution in [0.1, 0.15) is 11.1 Å². The fraction of sp³-hybridized carbons (Fsp3) is 0.167. The molecule has 2 aromatic rings. The van der Waals surface area contributed by atoms with E-state index in [1.807, 2.05) is 29.6 Å². The van der Waals surface area contributed by atoms with Crippen molar-refractivity contribution >= 4 is 34.5 Å². The molecular formula is C12H10Cl2OS. The van der Waals surface area contributed by atoms with Crippen molar-refractivity contribution in [1.82, 2.24) is 0 Å². The van der Waals surface area contributed by atoms with Crippen LogP contribution in [0.4, 0.5) is 0 Å². The van der Waals surface area contributed by atoms with Gasteiger partial charge in [-0.1, -0.05) is 17.7 Å². The Hall–Kier alpha value is -0.700. The topological polar surface area (TPSA) is 9.23 Å². The van der Waals surface area contributed by atoms with E-state index >= 15 is 0 Å². The van der Waals surface area contributed by atoms with E-state index in [1.165, 1.54) is 0 Å². The highest BCUT2D eigenvalue weighted by molar-refractivity contribution is 7.07. The zero-order valence-corrected chi connectivity index (χ0v) is 10.8. The van der Waals surface area contributed by atoms with Gasteiger partial charge in [-0.3, -0.25) is 0 Å². The summed E-state index contributed by atoms with van der Waals surface area (Å²) >= 11 is 13.5. The fourth-order valence-electron chi connectivity index (χ4n) is 1.34. The molecule has 0 amide bonds. The largest absolute Gasteiger partial charge is 0.488 e. The summed E-state index contributed by atoms with van der Waals surface area (Å²) in [4.78, 5) is 0. The third-order valence-electron chi connectivity index (χ3n) is 2.18. The molecule has 0 aliphatic rings. The molecule has 0 radical (unpaired) electrons. The van der Waals surface area contributed by atoms with E-state index in [0.717, 1.165) is 16.9 Å². The van der Waals surface area contributed by atoms with Gasteiger partial charge in [0.1, 0.15) is 12.4 Å². The zero-order valence-electron chi connectivity index (χ0n) is 8.45. The van der Waals surface area contributed by atoms with Gasteiger partial charge in [-0.2, -0.15) is 11.3 Å². The lowest BCUT2D eigenvalue weighted by atomic mass is 10.2. The van der Waals surface area contributed by atoms with E-state index in [4.69, 9.17) is 27.9 Å². The van der Waals surface area contributed by atoms with Gasteiger partial charge in [0, 0.05) is 10.6 Å². The lowest BCUT2D eigenvalue weighted by Gasteiger charge is -2.10. The van der Waals surface area contributed by atoms with Crippen LogP contribution >= 0.6 is 34.5 Å². The first-order valence-corrected chi connectivity index (χ1v) is 6.64. The van der Waals surface area contributed by atoms with Crippen molar-refractivity contribution in [3.05, 3.63) is 51.2 Å². The third kappa shape index (κ3) is 2.70. The second kappa shape index (κ2) is 5.58. The van der Waals surface area contributed by atoms with Crippen molar-refractivity contribution < 1.29 is 4.74 Å². The first kappa shape index (κ1) is 11.8. The zero-order chi connectivity index (χ0) is 11.4. The molecule has 0 fully saturated rings. The molecule has 4 heteroatoms. The maximum atomic E-state index is 6.03. The summed E-state index contributed by atoms with van der Waals surface area (Å²) in [6.45, 7) is 0.549. The summed E-state index contributed by atoms with van der Waals surface area (Å²) in [5.74, 6) is 1.12. The van der Waals surface area contributed by atoms with Crippen molar-refractivity contribution in [2.24, 2.45) is 0 Å². The predicted octanol–water partition coefficient (Wildman–Crippen LogP) is 4.72. The highest BCUT2D eigenvalue weighted by Gasteiger charge is 2.07. The van der Waals surface area contributed by atoms with Gasteiger partial charge in [-0.25, -0.2) is 0 Å². The predicted molar refractivity (Wildman–Crippen MR) is 69.7 cm³/mol. The van der Waals surface area contributed by atoms with Crippen molar-refractivity contribution in [2.45, 2.75) is 12.5 Å². The molecule has 1 aromatic heterocycles. The van der Waals surface area contributed by atoms with E-state index in [0.29, 0.717) is 17.5 Å². The normalized spacial score (nSPS) is 10.4. The number of hydrogen-bond donors (Lipinski definition) is 0. The SMILES string of the molecule is ClCc1c(Cl)cccc1OCc1ccsc1. The Morgan fingerprint density at radius 2 is 2.12 bits per heavy atom. The van der Waals surface area contributed by atoms with Crippen LogP contribution in [0.2, 0.25) is 5.02 Å². The number of benzene rings is 1. The van der Waals surface area contributed by atoms with Crippen LogP contribution in [-0.4, -0.2) is 0 Å². The maximum absolute atomic E-state index is 6.03. The molecule has 16 heavy (non-hydrogen) atoms. The molecule has 1 aromatic carbocycles. The minimum absolute atomic E-state index is 0.360. The molecule has 1 nitrogen and oxygen atoms in total. The molecule has 0 bridgehead atoms. The van der Waals surface area contributed by atoms with Crippen molar-refractivity contribution in [2.75, 3.05) is 0 Å². The summed E-state index contributed by atoms with van der Waals surface area (Å²) < 4.78 is 5.69. The highest BCUT2D eigenvalue weighted by atomic mass is 35.5. The Morgan fingerprint density at radius 1 is 1.25 bits per heavy atom. The van der Waals surface area contributed by atoms with Crippen LogP contribution < -0.4 is 4.74 Å². The van der Waals surface area contributed by atoms with Crippen LogP contribution in [-0.2, 0) is 12.5 Å². The van der Waals surface area contributed by atoms with Gasteiger partial charge >= 0.3 is 0 Å². The van der Waals surface area contributed by atoms with Gasteiger partial charge in [0.2, 0.25) is 0 Å². The number of ether oxygens (including phenoxy) is 1. The molecule has 0 atom stereocenters. The number of thiophene rings is 1. The second-order valence-corrected chi connectivity index (χ2v) is 4.72. The Balaban J connectivity index is 2.12. The summed E-state index contributed by atoms with van der Waals surface area (Å²) in [6, 6.07) is 7.60. The van der Waals surface area contributed by atoms with E-state index in [2.05, 4.69) is 5.38 Å². The lowest BCUT2D eigenvalue weighted by molar-refractivity contribution is 0.304. The molecule has 0 unspecified atom stereocenters. The second-order valence-electron chi connectivity index (χ2n) is 3.27. The number of hydrogen-bond acceptors (Lipinski definition) is 2. The van der Waals surface area contributed by atoms with Gasteiger partial charge in [-0.05, 0) is 34.5 Å². The van der Waals surface area contributed by atoms with Gasteiger partial charge in [-0.15, -0.1) is 11.6 Å². The van der Waals surface area contributed by atoms with Gasteiger partial charge in [0.15, 0.2) is 0 Å². The minimum Gasteiger partial charge on any atom is -0.488 e. The summed E-state index contributed by atoms with van der Waals surface area (Å²) in [7, 11) is 0. The third-order valence-corrected chi connectivity index (χ3v) is 3.54. The first-order chi connectivity index (χ1) is 7.81. The average Bonchev–Trinajstić information content (AvgIpc) is 2.79. The highest BCUT2D eigenvalue weighted by Crippen LogP contribution is 2.28. The smallest absolute Gasteiger partial charge is 0.125 e. The van der Waals surface area contributed by atoms with E-state index in [1.54, 1.807) is 11.3 Å². The number of rotatable bonds is 4. The van der Waals surface area contributed by atoms with Crippen LogP contribution in [0, 0.1) is 0 Å². The molecule has 1 heterocycles. The Labute approximate surface area is 109 Å². The molecule has 0 saturated carbocycles. The minimum atomic E-state index is 0.360.